The molecule has 0 bridgehead atoms. The van der Waals surface area contributed by atoms with Gasteiger partial charge in [0.15, 0.2) is 0 Å². The summed E-state index contributed by atoms with van der Waals surface area (Å²) in [7, 11) is 7.43. The molecule has 4 rings (SSSR count). The first kappa shape index (κ1) is 49.5. The normalized spacial score (nSPS) is 24.3. The van der Waals surface area contributed by atoms with Crippen molar-refractivity contribution in [2.75, 3.05) is 72.5 Å². The average molecular weight is 883 g/mol. The van der Waals surface area contributed by atoms with Crippen LogP contribution in [0.25, 0.3) is 0 Å². The van der Waals surface area contributed by atoms with Gasteiger partial charge in [-0.15, -0.1) is 0 Å². The van der Waals surface area contributed by atoms with E-state index in [1.807, 2.05) is 21.6 Å². The number of fused-ring (bicyclic) bond motifs is 5. The third kappa shape index (κ3) is 12.3. The second kappa shape index (κ2) is 20.8. The van der Waals surface area contributed by atoms with E-state index < -0.39 is 37.3 Å². The number of rotatable bonds is 23. The van der Waals surface area contributed by atoms with Crippen LogP contribution in [0.15, 0.2) is 18.2 Å². The number of likely N-dealkylation sites (N-methyl/N-ethyl adjacent to an activating group) is 2. The van der Waals surface area contributed by atoms with Crippen LogP contribution < -0.4 is 4.74 Å². The van der Waals surface area contributed by atoms with Crippen LogP contribution in [0, 0.1) is 17.3 Å². The number of aliphatic hydroxyl groups excluding tert-OH is 1. The summed E-state index contributed by atoms with van der Waals surface area (Å²) in [6, 6.07) is 6.54. The van der Waals surface area contributed by atoms with Crippen molar-refractivity contribution < 1.29 is 58.8 Å². The van der Waals surface area contributed by atoms with Crippen LogP contribution in [0.1, 0.15) is 102 Å². The minimum Gasteiger partial charge on any atom is -0.492 e. The van der Waals surface area contributed by atoms with Crippen molar-refractivity contribution in [3.63, 3.8) is 0 Å². The Labute approximate surface area is 346 Å². The smallest absolute Gasteiger partial charge is 0.435 e. The van der Waals surface area contributed by atoms with E-state index in [9.17, 15) is 39.5 Å². The van der Waals surface area contributed by atoms with Gasteiger partial charge in [-0.1, -0.05) is 47.4 Å². The fraction of sp³-hybridized carbons (Fsp3) is 0.854. The zero-order valence-electron chi connectivity index (χ0n) is 34.5. The summed E-state index contributed by atoms with van der Waals surface area (Å²) in [6.07, 6.45) is -9.08. The maximum atomic E-state index is 13.2. The molecule has 3 aliphatic carbocycles. The Morgan fingerprint density at radius 1 is 0.793 bits per heavy atom. The summed E-state index contributed by atoms with van der Waals surface area (Å²) in [4.78, 5) is 3.63. The van der Waals surface area contributed by atoms with E-state index in [1.54, 1.807) is 0 Å². The zero-order valence-corrected chi connectivity index (χ0v) is 36.1. The number of ether oxygens (including phenoxy) is 3. The number of benzene rings is 1. The van der Waals surface area contributed by atoms with Crippen LogP contribution in [0.5, 0.6) is 5.75 Å². The molecule has 3 aliphatic rings. The van der Waals surface area contributed by atoms with Gasteiger partial charge in [-0.2, -0.15) is 39.5 Å². The first-order chi connectivity index (χ1) is 27.1. The molecule has 0 saturated heterocycles. The molecule has 0 radical (unpaired) electrons. The molecule has 1 N–H and O–H groups in total. The fourth-order valence-corrected chi connectivity index (χ4v) is 11.9. The number of aliphatic hydroxyl groups is 1. The quantitative estimate of drug-likeness (QED) is 0.0663. The number of aryl methyl sites for hydroxylation is 1. The second-order valence-corrected chi connectivity index (χ2v) is 20.4. The van der Waals surface area contributed by atoms with Gasteiger partial charge in [-0.05, 0) is 139 Å². The molecule has 0 aliphatic heterocycles. The van der Waals surface area contributed by atoms with Gasteiger partial charge in [0.1, 0.15) is 12.4 Å². The van der Waals surface area contributed by atoms with Gasteiger partial charge in [0.05, 0.1) is 19.3 Å². The van der Waals surface area contributed by atoms with Crippen LogP contribution >= 0.6 is 21.6 Å². The molecule has 1 aromatic carbocycles. The molecule has 0 aromatic heterocycles. The monoisotopic (exact) mass is 882 g/mol. The van der Waals surface area contributed by atoms with E-state index in [0.717, 1.165) is 82.4 Å². The average Bonchev–Trinajstić information content (AvgIpc) is 3.46. The van der Waals surface area contributed by atoms with Crippen molar-refractivity contribution >= 4 is 21.6 Å². The summed E-state index contributed by atoms with van der Waals surface area (Å²) in [5.41, 5.74) is -3.61. The van der Waals surface area contributed by atoms with Gasteiger partial charge >= 0.3 is 24.1 Å². The Kier molecular flexibility index (Phi) is 17.8. The largest absolute Gasteiger partial charge is 0.492 e. The molecule has 0 spiro atoms. The third-order valence-corrected chi connectivity index (χ3v) is 16.1. The molecule has 58 heavy (non-hydrogen) atoms. The molecule has 2 fully saturated rings. The van der Waals surface area contributed by atoms with Crippen molar-refractivity contribution in [3.05, 3.63) is 29.3 Å². The fourth-order valence-electron chi connectivity index (χ4n) is 9.18. The highest BCUT2D eigenvalue weighted by Gasteiger charge is 2.85. The lowest BCUT2D eigenvalue weighted by Crippen LogP contribution is -2.68. The molecule has 5 atom stereocenters. The first-order valence-corrected chi connectivity index (χ1v) is 22.9. The topological polar surface area (TPSA) is 54.4 Å². The van der Waals surface area contributed by atoms with Crippen LogP contribution in [-0.2, 0) is 15.9 Å². The molecule has 1 aromatic rings. The minimum absolute atomic E-state index is 0.0753. The van der Waals surface area contributed by atoms with Crippen molar-refractivity contribution in [2.45, 2.75) is 132 Å². The van der Waals surface area contributed by atoms with Crippen LogP contribution in [0.4, 0.5) is 39.5 Å². The lowest BCUT2D eigenvalue weighted by atomic mass is 9.55. The van der Waals surface area contributed by atoms with Gasteiger partial charge in [-0.3, -0.25) is 0 Å². The Morgan fingerprint density at radius 3 is 2.10 bits per heavy atom. The summed E-state index contributed by atoms with van der Waals surface area (Å²) in [5, 5.41) is 8.92. The maximum Gasteiger partial charge on any atom is 0.435 e. The molecule has 17 heteroatoms. The van der Waals surface area contributed by atoms with Crippen molar-refractivity contribution in [2.24, 2.45) is 17.3 Å². The molecular weight excluding hydrogens is 820 g/mol. The Bertz CT molecular complexity index is 1380. The maximum absolute atomic E-state index is 13.2. The molecule has 2 saturated carbocycles. The highest BCUT2D eigenvalue weighted by molar-refractivity contribution is 8.77. The Balaban J connectivity index is 1.19. The van der Waals surface area contributed by atoms with Crippen LogP contribution in [0.3, 0.4) is 0 Å². The van der Waals surface area contributed by atoms with E-state index in [4.69, 9.17) is 14.6 Å². The molecule has 0 amide bonds. The van der Waals surface area contributed by atoms with Gasteiger partial charge < -0.3 is 29.1 Å². The number of nitrogens with zero attached hydrogens (tertiary/aromatic N) is 2. The number of hydrogen-bond acceptors (Lipinski definition) is 8. The van der Waals surface area contributed by atoms with E-state index in [-0.39, 0.29) is 36.0 Å². The Morgan fingerprint density at radius 2 is 1.43 bits per heavy atom. The number of alkyl halides is 9. The lowest BCUT2D eigenvalue weighted by molar-refractivity contribution is -0.457. The first-order valence-electron chi connectivity index (χ1n) is 20.6. The van der Waals surface area contributed by atoms with Gasteiger partial charge in [-0.25, -0.2) is 0 Å². The Hall–Kier alpha value is -1.11. The van der Waals surface area contributed by atoms with Crippen molar-refractivity contribution in [3.8, 4) is 5.75 Å². The molecule has 0 heterocycles. The van der Waals surface area contributed by atoms with E-state index in [1.165, 1.54) is 35.9 Å². The highest BCUT2D eigenvalue weighted by atomic mass is 33.1. The summed E-state index contributed by atoms with van der Waals surface area (Å²) < 4.78 is 135. The zero-order chi connectivity index (χ0) is 43.0. The predicted octanol–water partition coefficient (Wildman–Crippen LogP) is 10.7. The summed E-state index contributed by atoms with van der Waals surface area (Å²) in [6.45, 7) is 7.78. The third-order valence-electron chi connectivity index (χ3n) is 12.6. The summed E-state index contributed by atoms with van der Waals surface area (Å²) in [5.74, 6) is 3.40. The minimum atomic E-state index is -6.74. The molecule has 6 nitrogen and oxygen atoms in total. The standard InChI is InChI=1S/C41H63F9N2O4S2/c1-36(2,58-57-27-9-7-6-8-23-53)18-19-51(4)20-24-54-30-11-13-31-29(28-30)10-12-33-32(31)16-17-37(3)34(33)14-15-35(37)55-25-21-52(5)22-26-56-38(39(42,43)44,40(45,46)47)41(48,49)50/h11,13,28,32-35,53H,6-10,12,14-27H2,1-5H3/t32?,33?,34?,35-,37-/m0/s1. The summed E-state index contributed by atoms with van der Waals surface area (Å²) >= 11 is 0. The molecular formula is C41H63F9N2O4S2. The van der Waals surface area contributed by atoms with E-state index in [2.05, 4.69) is 55.7 Å². The van der Waals surface area contributed by atoms with Gasteiger partial charge in [0.25, 0.3) is 0 Å². The van der Waals surface area contributed by atoms with Crippen LogP contribution in [-0.4, -0.2) is 122 Å². The highest BCUT2D eigenvalue weighted by Crippen LogP contribution is 2.62. The SMILES string of the molecule is CN(CCO[C@H]1CCC2C3CCc4cc(OCCN(C)CCC(C)(C)SSCCCCCCO)ccc4C3CC[C@@]21C)CCOC(C(F)(F)F)(C(F)(F)F)C(F)(F)F. The van der Waals surface area contributed by atoms with Crippen molar-refractivity contribution in [1.29, 1.82) is 0 Å². The number of unbranched alkanes of at least 4 members (excludes halogenated alkanes) is 3. The number of halogens is 9. The van der Waals surface area contributed by atoms with E-state index >= 15 is 0 Å². The lowest BCUT2D eigenvalue weighted by Gasteiger charge is -2.50. The molecule has 3 unspecified atom stereocenters. The second-order valence-electron chi connectivity index (χ2n) is 17.3. The predicted molar refractivity (Wildman–Crippen MR) is 212 cm³/mol. The van der Waals surface area contributed by atoms with Crippen LogP contribution in [0.2, 0.25) is 0 Å². The van der Waals surface area contributed by atoms with Gasteiger partial charge in [0, 0.05) is 36.7 Å². The van der Waals surface area contributed by atoms with Crippen molar-refractivity contribution in [1.82, 2.24) is 9.80 Å². The van der Waals surface area contributed by atoms with E-state index in [0.29, 0.717) is 24.4 Å². The molecule has 336 valence electrons. The van der Waals surface area contributed by atoms with Gasteiger partial charge in [0.2, 0.25) is 0 Å². The number of hydrogen-bond donors (Lipinski definition) is 1.